The largest absolute Gasteiger partial charge is 0.468 e. The Morgan fingerprint density at radius 3 is 2.15 bits per heavy atom. The Bertz CT molecular complexity index is 1070. The van der Waals surface area contributed by atoms with E-state index in [2.05, 4.69) is 15.1 Å². The zero-order valence-electron chi connectivity index (χ0n) is 18.3. The van der Waals surface area contributed by atoms with Crippen LogP contribution in [0.1, 0.15) is 30.2 Å². The zero-order valence-corrected chi connectivity index (χ0v) is 18.3. The van der Waals surface area contributed by atoms with Crippen molar-refractivity contribution in [3.05, 3.63) is 89.9 Å². The zero-order chi connectivity index (χ0) is 22.8. The Morgan fingerprint density at radius 2 is 1.58 bits per heavy atom. The van der Waals surface area contributed by atoms with Crippen LogP contribution in [-0.4, -0.2) is 43.5 Å². The van der Waals surface area contributed by atoms with Crippen LogP contribution in [0.4, 0.5) is 14.5 Å². The van der Waals surface area contributed by atoms with Crippen LogP contribution in [-0.2, 0) is 10.2 Å². The Labute approximate surface area is 192 Å². The molecule has 1 amide bonds. The molecule has 2 aromatic carbocycles. The minimum atomic E-state index is -0.553. The average molecular weight is 452 g/mol. The van der Waals surface area contributed by atoms with Gasteiger partial charge in [0, 0.05) is 38.4 Å². The maximum Gasteiger partial charge on any atom is 0.230 e. The molecule has 1 N–H and O–H groups in total. The van der Waals surface area contributed by atoms with E-state index < -0.39 is 5.41 Å². The summed E-state index contributed by atoms with van der Waals surface area (Å²) in [5.74, 6) is 0.264. The number of nitrogens with one attached hydrogen (secondary N) is 1. The standard InChI is InChI=1S/C26H27F2N3O2/c27-20-5-3-19(4-6-20)26(11-12-26)25(32)29-18-23(24-2-1-17-33-24)31-15-13-30(14-16-31)22-9-7-21(28)8-10-22/h1-10,17,23H,11-16,18H2,(H,29,32). The predicted molar refractivity (Wildman–Crippen MR) is 122 cm³/mol. The van der Waals surface area contributed by atoms with E-state index in [1.165, 1.54) is 24.3 Å². The molecule has 0 radical (unpaired) electrons. The van der Waals surface area contributed by atoms with Gasteiger partial charge in [-0.05, 0) is 66.9 Å². The van der Waals surface area contributed by atoms with Crippen molar-refractivity contribution in [3.63, 3.8) is 0 Å². The molecular weight excluding hydrogens is 424 g/mol. The van der Waals surface area contributed by atoms with Crippen LogP contribution in [0, 0.1) is 11.6 Å². The lowest BCUT2D eigenvalue weighted by atomic mass is 9.95. The highest BCUT2D eigenvalue weighted by atomic mass is 19.1. The van der Waals surface area contributed by atoms with Crippen LogP contribution in [0.3, 0.4) is 0 Å². The molecule has 5 rings (SSSR count). The molecule has 3 aromatic rings. The van der Waals surface area contributed by atoms with Crippen LogP contribution in [0.5, 0.6) is 0 Å². The number of piperazine rings is 1. The van der Waals surface area contributed by atoms with E-state index >= 15 is 0 Å². The van der Waals surface area contributed by atoms with Crippen LogP contribution < -0.4 is 10.2 Å². The van der Waals surface area contributed by atoms with Crippen molar-refractivity contribution in [1.29, 1.82) is 0 Å². The molecule has 1 aliphatic carbocycles. The SMILES string of the molecule is O=C(NCC(c1ccco1)N1CCN(c2ccc(F)cc2)CC1)C1(c2ccc(F)cc2)CC1. The minimum absolute atomic E-state index is 0.0180. The number of rotatable bonds is 7. The number of nitrogens with zero attached hydrogens (tertiary/aromatic N) is 2. The lowest BCUT2D eigenvalue weighted by Gasteiger charge is -2.39. The summed E-state index contributed by atoms with van der Waals surface area (Å²) in [6.45, 7) is 3.63. The van der Waals surface area contributed by atoms with Gasteiger partial charge in [-0.1, -0.05) is 12.1 Å². The lowest BCUT2D eigenvalue weighted by Crippen LogP contribution is -2.50. The van der Waals surface area contributed by atoms with E-state index in [0.29, 0.717) is 6.54 Å². The monoisotopic (exact) mass is 451 g/mol. The molecule has 1 unspecified atom stereocenters. The highest BCUT2D eigenvalue weighted by molar-refractivity contribution is 5.91. The van der Waals surface area contributed by atoms with Gasteiger partial charge in [0.25, 0.3) is 0 Å². The second-order valence-corrected chi connectivity index (χ2v) is 8.83. The maximum absolute atomic E-state index is 13.3. The van der Waals surface area contributed by atoms with E-state index in [0.717, 1.165) is 56.0 Å². The highest BCUT2D eigenvalue weighted by Crippen LogP contribution is 2.48. The van der Waals surface area contributed by atoms with Crippen molar-refractivity contribution in [1.82, 2.24) is 10.2 Å². The third kappa shape index (κ3) is 4.50. The first-order chi connectivity index (χ1) is 16.0. The van der Waals surface area contributed by atoms with Gasteiger partial charge >= 0.3 is 0 Å². The Morgan fingerprint density at radius 1 is 0.939 bits per heavy atom. The summed E-state index contributed by atoms with van der Waals surface area (Å²) in [6, 6.07) is 16.5. The molecule has 2 heterocycles. The van der Waals surface area contributed by atoms with Crippen LogP contribution >= 0.6 is 0 Å². The Kier molecular flexibility index (Phi) is 5.89. The molecule has 1 atom stereocenters. The molecule has 0 bridgehead atoms. The maximum atomic E-state index is 13.3. The number of anilines is 1. The van der Waals surface area contributed by atoms with Crippen LogP contribution in [0.2, 0.25) is 0 Å². The number of carbonyl (C=O) groups is 1. The highest BCUT2D eigenvalue weighted by Gasteiger charge is 2.51. The van der Waals surface area contributed by atoms with Crippen molar-refractivity contribution >= 4 is 11.6 Å². The minimum Gasteiger partial charge on any atom is -0.468 e. The van der Waals surface area contributed by atoms with Gasteiger partial charge in [-0.15, -0.1) is 0 Å². The summed E-state index contributed by atoms with van der Waals surface area (Å²) in [5.41, 5.74) is 1.32. The van der Waals surface area contributed by atoms with Gasteiger partial charge in [-0.3, -0.25) is 9.69 Å². The number of carbonyl (C=O) groups excluding carboxylic acids is 1. The molecule has 0 spiro atoms. The molecule has 172 valence electrons. The van der Waals surface area contributed by atoms with E-state index in [-0.39, 0.29) is 23.6 Å². The normalized spacial score (nSPS) is 18.7. The summed E-state index contributed by atoms with van der Waals surface area (Å²) in [5, 5.41) is 3.14. The number of amides is 1. The number of furan rings is 1. The van der Waals surface area contributed by atoms with Gasteiger partial charge in [-0.2, -0.15) is 0 Å². The molecule has 5 nitrogen and oxygen atoms in total. The third-order valence-electron chi connectivity index (χ3n) is 6.86. The molecule has 7 heteroatoms. The molecule has 1 saturated carbocycles. The molecule has 1 saturated heterocycles. The summed E-state index contributed by atoms with van der Waals surface area (Å²) in [6.07, 6.45) is 3.19. The van der Waals surface area contributed by atoms with E-state index in [9.17, 15) is 13.6 Å². The van der Waals surface area contributed by atoms with Gasteiger partial charge in [0.15, 0.2) is 0 Å². The molecule has 2 fully saturated rings. The second kappa shape index (κ2) is 8.98. The number of hydrogen-bond donors (Lipinski definition) is 1. The van der Waals surface area contributed by atoms with E-state index in [1.54, 1.807) is 30.5 Å². The molecule has 1 aliphatic heterocycles. The summed E-state index contributed by atoms with van der Waals surface area (Å²) in [4.78, 5) is 17.7. The van der Waals surface area contributed by atoms with Crippen LogP contribution in [0.15, 0.2) is 71.3 Å². The quantitative estimate of drug-likeness (QED) is 0.583. The van der Waals surface area contributed by atoms with Gasteiger partial charge < -0.3 is 14.6 Å². The fraction of sp³-hybridized carbons (Fsp3) is 0.346. The smallest absolute Gasteiger partial charge is 0.230 e. The van der Waals surface area contributed by atoms with E-state index in [4.69, 9.17) is 4.42 Å². The topological polar surface area (TPSA) is 48.7 Å². The molecule has 33 heavy (non-hydrogen) atoms. The first kappa shape index (κ1) is 21.6. The van der Waals surface area contributed by atoms with Crippen molar-refractivity contribution in [2.75, 3.05) is 37.6 Å². The van der Waals surface area contributed by atoms with Gasteiger partial charge in [0.1, 0.15) is 17.4 Å². The Balaban J connectivity index is 1.24. The Hall–Kier alpha value is -3.19. The number of benzene rings is 2. The van der Waals surface area contributed by atoms with Crippen molar-refractivity contribution < 1.29 is 18.0 Å². The predicted octanol–water partition coefficient (Wildman–Crippen LogP) is 4.27. The summed E-state index contributed by atoms with van der Waals surface area (Å²) in [7, 11) is 0. The fourth-order valence-electron chi connectivity index (χ4n) is 4.73. The van der Waals surface area contributed by atoms with Gasteiger partial charge in [0.2, 0.25) is 5.91 Å². The summed E-state index contributed by atoms with van der Waals surface area (Å²) < 4.78 is 32.3. The van der Waals surface area contributed by atoms with Crippen molar-refractivity contribution in [2.24, 2.45) is 0 Å². The van der Waals surface area contributed by atoms with Gasteiger partial charge in [-0.25, -0.2) is 8.78 Å². The van der Waals surface area contributed by atoms with Gasteiger partial charge in [0.05, 0.1) is 17.7 Å². The fourth-order valence-corrected chi connectivity index (χ4v) is 4.73. The van der Waals surface area contributed by atoms with E-state index in [1.807, 2.05) is 12.1 Å². The third-order valence-corrected chi connectivity index (χ3v) is 6.86. The average Bonchev–Trinajstić information content (AvgIpc) is 3.48. The molecule has 1 aromatic heterocycles. The van der Waals surface area contributed by atoms with Crippen LogP contribution in [0.25, 0.3) is 0 Å². The molecular formula is C26H27F2N3O2. The first-order valence-electron chi connectivity index (χ1n) is 11.4. The van der Waals surface area contributed by atoms with Crippen molar-refractivity contribution in [2.45, 2.75) is 24.3 Å². The molecule has 2 aliphatic rings. The summed E-state index contributed by atoms with van der Waals surface area (Å²) >= 11 is 0. The second-order valence-electron chi connectivity index (χ2n) is 8.83. The number of halogens is 2. The number of hydrogen-bond acceptors (Lipinski definition) is 4. The van der Waals surface area contributed by atoms with Crippen molar-refractivity contribution in [3.8, 4) is 0 Å². The lowest BCUT2D eigenvalue weighted by molar-refractivity contribution is -0.123. The first-order valence-corrected chi connectivity index (χ1v) is 11.4.